The lowest BCUT2D eigenvalue weighted by Gasteiger charge is -2.36. The highest BCUT2D eigenvalue weighted by atomic mass is 16.2. The van der Waals surface area contributed by atoms with Crippen molar-refractivity contribution in [2.24, 2.45) is 17.6 Å². The third-order valence-corrected chi connectivity index (χ3v) is 5.69. The van der Waals surface area contributed by atoms with Crippen LogP contribution in [-0.4, -0.2) is 47.4 Å². The molecule has 1 aliphatic carbocycles. The van der Waals surface area contributed by atoms with E-state index in [9.17, 15) is 4.79 Å². The van der Waals surface area contributed by atoms with E-state index >= 15 is 0 Å². The van der Waals surface area contributed by atoms with Crippen LogP contribution in [0.1, 0.15) is 45.1 Å². The average Bonchev–Trinajstić information content (AvgIpc) is 3.45. The summed E-state index contributed by atoms with van der Waals surface area (Å²) >= 11 is 0. The van der Waals surface area contributed by atoms with Crippen molar-refractivity contribution in [2.75, 3.05) is 19.6 Å². The van der Waals surface area contributed by atoms with Crippen molar-refractivity contribution >= 4 is 5.91 Å². The lowest BCUT2D eigenvalue weighted by molar-refractivity contribution is -0.135. The third kappa shape index (κ3) is 5.05. The van der Waals surface area contributed by atoms with Crippen LogP contribution in [0.4, 0.5) is 0 Å². The van der Waals surface area contributed by atoms with Crippen molar-refractivity contribution in [2.45, 2.75) is 58.2 Å². The van der Waals surface area contributed by atoms with Crippen molar-refractivity contribution in [3.05, 3.63) is 35.9 Å². The number of piperidine rings is 1. The Morgan fingerprint density at radius 3 is 2.36 bits per heavy atom. The first-order valence-electron chi connectivity index (χ1n) is 9.87. The molecular weight excluding hydrogens is 310 g/mol. The predicted octanol–water partition coefficient (Wildman–Crippen LogP) is 2.87. The molecule has 1 saturated carbocycles. The van der Waals surface area contributed by atoms with Gasteiger partial charge in [-0.2, -0.15) is 0 Å². The Morgan fingerprint density at radius 1 is 1.16 bits per heavy atom. The second-order valence-electron chi connectivity index (χ2n) is 8.20. The van der Waals surface area contributed by atoms with E-state index in [1.165, 1.54) is 18.4 Å². The highest BCUT2D eigenvalue weighted by Gasteiger charge is 2.37. The lowest BCUT2D eigenvalue weighted by atomic mass is 9.95. The minimum absolute atomic E-state index is 0.171. The Labute approximate surface area is 152 Å². The molecule has 1 aromatic carbocycles. The first kappa shape index (κ1) is 18.4. The smallest absolute Gasteiger partial charge is 0.240 e. The van der Waals surface area contributed by atoms with Gasteiger partial charge in [0.05, 0.1) is 6.04 Å². The van der Waals surface area contributed by atoms with Gasteiger partial charge in [-0.05, 0) is 56.2 Å². The molecule has 3 rings (SSSR count). The van der Waals surface area contributed by atoms with E-state index in [4.69, 9.17) is 5.73 Å². The molecule has 1 saturated heterocycles. The maximum atomic E-state index is 12.7. The summed E-state index contributed by atoms with van der Waals surface area (Å²) in [5.74, 6) is 1.00. The highest BCUT2D eigenvalue weighted by Crippen LogP contribution is 2.30. The molecule has 1 heterocycles. The van der Waals surface area contributed by atoms with Crippen LogP contribution in [0.3, 0.4) is 0 Å². The number of likely N-dealkylation sites (tertiary alicyclic amines) is 1. The van der Waals surface area contributed by atoms with Crippen LogP contribution >= 0.6 is 0 Å². The van der Waals surface area contributed by atoms with Gasteiger partial charge in [0.15, 0.2) is 0 Å². The quantitative estimate of drug-likeness (QED) is 0.828. The molecular formula is C21H33N3O. The molecule has 2 N–H and O–H groups in total. The van der Waals surface area contributed by atoms with E-state index in [1.807, 2.05) is 13.8 Å². The van der Waals surface area contributed by atoms with E-state index < -0.39 is 0 Å². The Bertz CT molecular complexity index is 548. The maximum absolute atomic E-state index is 12.7. The molecule has 0 aromatic heterocycles. The number of hydrogen-bond acceptors (Lipinski definition) is 3. The molecule has 1 atom stereocenters. The van der Waals surface area contributed by atoms with Crippen LogP contribution in [-0.2, 0) is 11.3 Å². The van der Waals surface area contributed by atoms with Crippen LogP contribution in [0.2, 0.25) is 0 Å². The number of nitrogens with two attached hydrogens (primary N) is 1. The van der Waals surface area contributed by atoms with Crippen molar-refractivity contribution in [1.82, 2.24) is 9.80 Å². The number of hydrogen-bond donors (Lipinski definition) is 1. The number of nitrogens with zero attached hydrogens (tertiary/aromatic N) is 2. The van der Waals surface area contributed by atoms with Gasteiger partial charge in [0.2, 0.25) is 5.91 Å². The van der Waals surface area contributed by atoms with Crippen molar-refractivity contribution in [1.29, 1.82) is 0 Å². The van der Waals surface area contributed by atoms with Crippen molar-refractivity contribution in [3.63, 3.8) is 0 Å². The number of rotatable bonds is 7. The molecule has 4 heteroatoms. The topological polar surface area (TPSA) is 49.6 Å². The monoisotopic (exact) mass is 343 g/mol. The second kappa shape index (κ2) is 8.33. The summed E-state index contributed by atoms with van der Waals surface area (Å²) in [6.07, 6.45) is 4.67. The minimum atomic E-state index is -0.348. The fourth-order valence-corrected chi connectivity index (χ4v) is 3.73. The minimum Gasteiger partial charge on any atom is -0.338 e. The van der Waals surface area contributed by atoms with Crippen LogP contribution in [0.5, 0.6) is 0 Å². The first-order valence-corrected chi connectivity index (χ1v) is 9.87. The Hall–Kier alpha value is -1.39. The molecule has 138 valence electrons. The van der Waals surface area contributed by atoms with Crippen LogP contribution in [0.15, 0.2) is 30.3 Å². The van der Waals surface area contributed by atoms with Gasteiger partial charge >= 0.3 is 0 Å². The number of benzene rings is 1. The van der Waals surface area contributed by atoms with E-state index in [0.29, 0.717) is 12.0 Å². The highest BCUT2D eigenvalue weighted by molar-refractivity contribution is 5.82. The molecule has 2 aliphatic rings. The third-order valence-electron chi connectivity index (χ3n) is 5.69. The molecule has 0 radical (unpaired) electrons. The predicted molar refractivity (Wildman–Crippen MR) is 102 cm³/mol. The molecule has 2 fully saturated rings. The SMILES string of the molecule is CC(C)C(N)C(=O)N(CC1CCN(Cc2ccccc2)CC1)C1CC1. The average molecular weight is 344 g/mol. The van der Waals surface area contributed by atoms with E-state index in [1.54, 1.807) is 0 Å². The van der Waals surface area contributed by atoms with Gasteiger partial charge in [-0.1, -0.05) is 44.2 Å². The van der Waals surface area contributed by atoms with Gasteiger partial charge < -0.3 is 10.6 Å². The standard InChI is InChI=1S/C21H33N3O/c1-16(2)20(22)21(25)24(19-8-9-19)15-18-10-12-23(13-11-18)14-17-6-4-3-5-7-17/h3-7,16,18-20H,8-15,22H2,1-2H3. The van der Waals surface area contributed by atoms with Crippen molar-refractivity contribution in [3.8, 4) is 0 Å². The van der Waals surface area contributed by atoms with E-state index in [0.717, 1.165) is 39.0 Å². The summed E-state index contributed by atoms with van der Waals surface area (Å²) < 4.78 is 0. The zero-order valence-electron chi connectivity index (χ0n) is 15.7. The molecule has 1 unspecified atom stereocenters. The fourth-order valence-electron chi connectivity index (χ4n) is 3.73. The summed E-state index contributed by atoms with van der Waals surface area (Å²) in [6.45, 7) is 8.27. The number of carbonyl (C=O) groups excluding carboxylic acids is 1. The normalized spacial score (nSPS) is 20.6. The number of amides is 1. The van der Waals surface area contributed by atoms with Crippen LogP contribution < -0.4 is 5.73 Å². The van der Waals surface area contributed by atoms with Crippen LogP contribution in [0.25, 0.3) is 0 Å². The summed E-state index contributed by atoms with van der Waals surface area (Å²) in [5.41, 5.74) is 7.53. The van der Waals surface area contributed by atoms with Crippen LogP contribution in [0, 0.1) is 11.8 Å². The van der Waals surface area contributed by atoms with Gasteiger partial charge in [0, 0.05) is 19.1 Å². The largest absolute Gasteiger partial charge is 0.338 e. The van der Waals surface area contributed by atoms with Gasteiger partial charge in [-0.25, -0.2) is 0 Å². The maximum Gasteiger partial charge on any atom is 0.240 e. The first-order chi connectivity index (χ1) is 12.0. The fraction of sp³-hybridized carbons (Fsp3) is 0.667. The summed E-state index contributed by atoms with van der Waals surface area (Å²) in [5, 5.41) is 0. The van der Waals surface area contributed by atoms with Gasteiger partial charge in [-0.3, -0.25) is 9.69 Å². The molecule has 1 aromatic rings. The molecule has 25 heavy (non-hydrogen) atoms. The molecule has 0 spiro atoms. The van der Waals surface area contributed by atoms with Gasteiger partial charge in [0.1, 0.15) is 0 Å². The Morgan fingerprint density at radius 2 is 1.80 bits per heavy atom. The van der Waals surface area contributed by atoms with Gasteiger partial charge in [-0.15, -0.1) is 0 Å². The zero-order chi connectivity index (χ0) is 17.8. The van der Waals surface area contributed by atoms with Gasteiger partial charge in [0.25, 0.3) is 0 Å². The van der Waals surface area contributed by atoms with E-state index in [-0.39, 0.29) is 17.9 Å². The molecule has 1 amide bonds. The summed E-state index contributed by atoms with van der Waals surface area (Å²) in [7, 11) is 0. The summed E-state index contributed by atoms with van der Waals surface area (Å²) in [4.78, 5) is 17.4. The molecule has 4 nitrogen and oxygen atoms in total. The summed E-state index contributed by atoms with van der Waals surface area (Å²) in [6, 6.07) is 10.8. The van der Waals surface area contributed by atoms with E-state index in [2.05, 4.69) is 40.1 Å². The lowest BCUT2D eigenvalue weighted by Crippen LogP contribution is -2.50. The van der Waals surface area contributed by atoms with Crippen molar-refractivity contribution < 1.29 is 4.79 Å². The second-order valence-corrected chi connectivity index (χ2v) is 8.20. The molecule has 1 aliphatic heterocycles. The Kier molecular flexibility index (Phi) is 6.13. The Balaban J connectivity index is 1.49. The number of carbonyl (C=O) groups is 1. The zero-order valence-corrected chi connectivity index (χ0v) is 15.7. The molecule has 0 bridgehead atoms.